The monoisotopic (exact) mass is 800 g/mol. The Morgan fingerprint density at radius 3 is 2.16 bits per heavy atom. The van der Waals surface area contributed by atoms with Crippen molar-refractivity contribution < 1.29 is 47.2 Å². The van der Waals surface area contributed by atoms with Gasteiger partial charge in [0.25, 0.3) is 0 Å². The zero-order valence-corrected chi connectivity index (χ0v) is 33.8. The summed E-state index contributed by atoms with van der Waals surface area (Å²) in [6, 6.07) is 27.9. The van der Waals surface area contributed by atoms with Crippen LogP contribution in [-0.2, 0) is 34.3 Å². The number of ether oxygens (including phenoxy) is 6. The minimum atomic E-state index is -1.27. The Morgan fingerprint density at radius 2 is 1.54 bits per heavy atom. The number of esters is 1. The van der Waals surface area contributed by atoms with E-state index in [0.29, 0.717) is 36.0 Å². The molecule has 2 aliphatic rings. The van der Waals surface area contributed by atoms with E-state index in [0.717, 1.165) is 11.1 Å². The van der Waals surface area contributed by atoms with Gasteiger partial charge in [0.1, 0.15) is 40.8 Å². The number of methoxy groups -OCH3 is 1. The molecule has 302 valence electrons. The van der Waals surface area contributed by atoms with E-state index in [9.17, 15) is 14.0 Å². The lowest BCUT2D eigenvalue weighted by molar-refractivity contribution is -0.295. The van der Waals surface area contributed by atoms with Crippen LogP contribution in [0.4, 0.5) is 14.9 Å². The lowest BCUT2D eigenvalue weighted by atomic mass is 9.93. The largest absolute Gasteiger partial charge is 0.497 e. The smallest absolute Gasteiger partial charge is 0.417 e. The molecule has 2 fully saturated rings. The summed E-state index contributed by atoms with van der Waals surface area (Å²) in [6.07, 6.45) is -0.761. The third-order valence-corrected chi connectivity index (χ3v) is 10.8. The lowest BCUT2D eigenvalue weighted by Gasteiger charge is -2.44. The Balaban J connectivity index is 1.40. The third kappa shape index (κ3) is 10.4. The normalized spacial score (nSPS) is 18.5. The van der Waals surface area contributed by atoms with Crippen molar-refractivity contribution in [2.75, 3.05) is 44.6 Å². The van der Waals surface area contributed by atoms with E-state index in [4.69, 9.17) is 28.4 Å². The highest BCUT2D eigenvalue weighted by molar-refractivity contribution is 8.00. The zero-order chi connectivity index (χ0) is 40.8. The van der Waals surface area contributed by atoms with E-state index < -0.39 is 52.5 Å². The number of thioether (sulfide) groups is 1. The summed E-state index contributed by atoms with van der Waals surface area (Å²) in [4.78, 5) is 42.3. The first kappa shape index (κ1) is 41.5. The van der Waals surface area contributed by atoms with Crippen molar-refractivity contribution in [2.45, 2.75) is 63.3 Å². The topological polar surface area (TPSA) is 122 Å². The van der Waals surface area contributed by atoms with Crippen LogP contribution in [0.2, 0.25) is 0 Å². The van der Waals surface area contributed by atoms with Crippen LogP contribution in [0.5, 0.6) is 11.5 Å². The van der Waals surface area contributed by atoms with Gasteiger partial charge in [0.2, 0.25) is 11.7 Å². The number of cyclic esters (lactones) is 1. The number of halogens is 1. The highest BCUT2D eigenvalue weighted by Crippen LogP contribution is 2.44. The fourth-order valence-electron chi connectivity index (χ4n) is 6.46. The molecule has 57 heavy (non-hydrogen) atoms. The third-order valence-electron chi connectivity index (χ3n) is 9.40. The number of nitrogens with zero attached hydrogens (tertiary/aromatic N) is 1. The van der Waals surface area contributed by atoms with Crippen LogP contribution >= 0.6 is 11.8 Å². The molecule has 2 saturated heterocycles. The van der Waals surface area contributed by atoms with Crippen molar-refractivity contribution in [1.82, 2.24) is 4.90 Å². The highest BCUT2D eigenvalue weighted by atomic mass is 32.2. The molecule has 0 aromatic heterocycles. The summed E-state index contributed by atoms with van der Waals surface area (Å²) >= 11 is 1.27. The Morgan fingerprint density at radius 1 is 0.912 bits per heavy atom. The maximum atomic E-state index is 15.2. The van der Waals surface area contributed by atoms with E-state index in [-0.39, 0.29) is 24.4 Å². The Hall–Kier alpha value is -5.11. The number of carbonyl (C=O) groups excluding carboxylic acids is 3. The summed E-state index contributed by atoms with van der Waals surface area (Å²) in [5.74, 6) is -1.52. The average molecular weight is 801 g/mol. The molecule has 0 bridgehead atoms. The predicted molar refractivity (Wildman–Crippen MR) is 215 cm³/mol. The molecule has 13 heteroatoms. The van der Waals surface area contributed by atoms with Crippen LogP contribution < -0.4 is 14.8 Å². The van der Waals surface area contributed by atoms with E-state index >= 15 is 4.79 Å². The summed E-state index contributed by atoms with van der Waals surface area (Å²) in [5.41, 5.74) is 1.72. The average Bonchev–Trinajstić information content (AvgIpc) is 3.59. The Bertz CT molecular complexity index is 1980. The van der Waals surface area contributed by atoms with E-state index in [1.54, 1.807) is 64.3 Å². The van der Waals surface area contributed by atoms with Gasteiger partial charge in [0.05, 0.1) is 32.1 Å². The number of benzene rings is 4. The Labute approximate surface area is 337 Å². The van der Waals surface area contributed by atoms with Gasteiger partial charge in [-0.05, 0) is 92.6 Å². The van der Waals surface area contributed by atoms with Crippen LogP contribution in [0.25, 0.3) is 0 Å². The molecule has 11 nitrogen and oxygen atoms in total. The van der Waals surface area contributed by atoms with Crippen molar-refractivity contribution >= 4 is 35.4 Å². The molecular formula is C44H49FN2O9S. The molecule has 0 radical (unpaired) electrons. The molecule has 2 heterocycles. The second-order valence-electron chi connectivity index (χ2n) is 15.7. The van der Waals surface area contributed by atoms with Crippen LogP contribution in [0.15, 0.2) is 103 Å². The van der Waals surface area contributed by atoms with Gasteiger partial charge >= 0.3 is 12.1 Å². The summed E-state index contributed by atoms with van der Waals surface area (Å²) < 4.78 is 49.4. The van der Waals surface area contributed by atoms with Crippen molar-refractivity contribution in [3.63, 3.8) is 0 Å². The maximum Gasteiger partial charge on any atom is 0.417 e. The molecule has 4 aromatic carbocycles. The standard InChI is InChI=1S/C44H49FN2O9S/c1-42(2,3)56-37(48)25-52-35-20-12-30(13-21-35)38(46-33-18-16-32(45)17-19-33)39(40(49)47-36(24-53-41(47)50)29-10-8-7-9-11-29)57-28-44(54-26-43(4,5)27-55-44)31-14-22-34(51-6)23-15-31/h7-23,36,38-39,46H,24-28H2,1-6H3. The number of imide groups is 1. The van der Waals surface area contributed by atoms with Gasteiger partial charge in [0.15, 0.2) is 6.61 Å². The van der Waals surface area contributed by atoms with Gasteiger partial charge in [-0.2, -0.15) is 0 Å². The molecule has 3 atom stereocenters. The van der Waals surface area contributed by atoms with Crippen LogP contribution in [0, 0.1) is 11.2 Å². The van der Waals surface area contributed by atoms with Gasteiger partial charge in [-0.3, -0.25) is 4.79 Å². The Kier molecular flexibility index (Phi) is 12.8. The molecule has 2 amide bonds. The maximum absolute atomic E-state index is 15.2. The minimum Gasteiger partial charge on any atom is -0.497 e. The first-order chi connectivity index (χ1) is 27.1. The fraction of sp³-hybridized carbons (Fsp3) is 0.386. The van der Waals surface area contributed by atoms with E-state index in [2.05, 4.69) is 19.2 Å². The second-order valence-corrected chi connectivity index (χ2v) is 16.9. The SMILES string of the molecule is COc1ccc(C2(CSC(C(=O)N3C(=O)OCC3c3ccccc3)C(Nc3ccc(F)cc3)c3ccc(OCC(=O)OC(C)(C)C)cc3)OCC(C)(C)CO2)cc1. The van der Waals surface area contributed by atoms with Gasteiger partial charge in [0, 0.05) is 16.7 Å². The molecular weight excluding hydrogens is 752 g/mol. The van der Waals surface area contributed by atoms with Gasteiger partial charge in [-0.25, -0.2) is 18.9 Å². The fourth-order valence-corrected chi connectivity index (χ4v) is 7.87. The number of nitrogens with one attached hydrogen (secondary N) is 1. The minimum absolute atomic E-state index is 0.0111. The second kappa shape index (κ2) is 17.6. The summed E-state index contributed by atoms with van der Waals surface area (Å²) in [5, 5.41) is 2.44. The van der Waals surface area contributed by atoms with Crippen molar-refractivity contribution in [2.24, 2.45) is 5.41 Å². The summed E-state index contributed by atoms with van der Waals surface area (Å²) in [6.45, 7) is 9.89. The van der Waals surface area contributed by atoms with Crippen LogP contribution in [0.3, 0.4) is 0 Å². The van der Waals surface area contributed by atoms with Crippen molar-refractivity contribution in [3.8, 4) is 11.5 Å². The number of amides is 2. The number of hydrogen-bond acceptors (Lipinski definition) is 11. The van der Waals surface area contributed by atoms with Gasteiger partial charge < -0.3 is 33.7 Å². The van der Waals surface area contributed by atoms with Crippen LogP contribution in [0.1, 0.15) is 63.4 Å². The number of carbonyl (C=O) groups is 3. The van der Waals surface area contributed by atoms with Crippen molar-refractivity contribution in [3.05, 3.63) is 126 Å². The number of rotatable bonds is 14. The predicted octanol–water partition coefficient (Wildman–Crippen LogP) is 8.46. The first-order valence-electron chi connectivity index (χ1n) is 18.7. The van der Waals surface area contributed by atoms with Crippen molar-refractivity contribution in [1.29, 1.82) is 0 Å². The highest BCUT2D eigenvalue weighted by Gasteiger charge is 2.48. The molecule has 0 aliphatic carbocycles. The molecule has 4 aromatic rings. The zero-order valence-electron chi connectivity index (χ0n) is 33.0. The van der Waals surface area contributed by atoms with Gasteiger partial charge in [-0.15, -0.1) is 11.8 Å². The molecule has 2 aliphatic heterocycles. The summed E-state index contributed by atoms with van der Waals surface area (Å²) in [7, 11) is 1.59. The van der Waals surface area contributed by atoms with E-state index in [1.807, 2.05) is 54.6 Å². The van der Waals surface area contributed by atoms with E-state index in [1.165, 1.54) is 28.8 Å². The molecule has 3 unspecified atom stereocenters. The quantitative estimate of drug-likeness (QED) is 0.124. The molecule has 0 spiro atoms. The van der Waals surface area contributed by atoms with Gasteiger partial charge in [-0.1, -0.05) is 56.3 Å². The molecule has 6 rings (SSSR count). The van der Waals surface area contributed by atoms with Crippen LogP contribution in [-0.4, -0.2) is 73.0 Å². The lowest BCUT2D eigenvalue weighted by Crippen LogP contribution is -2.49. The first-order valence-corrected chi connectivity index (χ1v) is 19.8. The number of hydrogen-bond donors (Lipinski definition) is 1. The number of anilines is 1. The molecule has 0 saturated carbocycles. The molecule has 1 N–H and O–H groups in total.